The summed E-state index contributed by atoms with van der Waals surface area (Å²) in [6.45, 7) is 2.21. The summed E-state index contributed by atoms with van der Waals surface area (Å²) in [7, 11) is 0. The number of furan rings is 1. The van der Waals surface area contributed by atoms with Crippen molar-refractivity contribution in [3.63, 3.8) is 0 Å². The van der Waals surface area contributed by atoms with Crippen molar-refractivity contribution >= 4 is 17.9 Å². The van der Waals surface area contributed by atoms with E-state index in [0.717, 1.165) is 5.76 Å². The highest BCUT2D eigenvalue weighted by atomic mass is 16.4. The van der Waals surface area contributed by atoms with Gasteiger partial charge in [-0.3, -0.25) is 5.43 Å². The van der Waals surface area contributed by atoms with Gasteiger partial charge in [0.05, 0.1) is 17.9 Å². The quantitative estimate of drug-likeness (QED) is 0.674. The van der Waals surface area contributed by atoms with E-state index >= 15 is 0 Å². The van der Waals surface area contributed by atoms with E-state index in [1.54, 1.807) is 18.3 Å². The van der Waals surface area contributed by atoms with Crippen LogP contribution in [0.1, 0.15) is 41.1 Å². The van der Waals surface area contributed by atoms with Gasteiger partial charge < -0.3 is 14.3 Å². The lowest BCUT2D eigenvalue weighted by atomic mass is 10.2. The number of rotatable bonds is 5. The first-order valence-electron chi connectivity index (χ1n) is 6.83. The third kappa shape index (κ3) is 3.13. The second kappa shape index (κ2) is 5.44. The molecular weight excluding hydrogens is 268 g/mol. The molecule has 0 spiro atoms. The maximum Gasteiger partial charge on any atom is 0.147 e. The third-order valence-corrected chi connectivity index (χ3v) is 3.63. The first-order chi connectivity index (χ1) is 10.1. The SMILES string of the molecule is C[C@H]1C[C@H]1c1ccc(/C=N\Nc2ccc(C(=O)[O-])cc2)o1. The maximum absolute atomic E-state index is 10.6. The smallest absolute Gasteiger partial charge is 0.147 e. The van der Waals surface area contributed by atoms with Crippen LogP contribution in [0, 0.1) is 5.92 Å². The molecule has 1 saturated carbocycles. The fourth-order valence-corrected chi connectivity index (χ4v) is 2.21. The minimum absolute atomic E-state index is 0.138. The van der Waals surface area contributed by atoms with Crippen molar-refractivity contribution in [2.45, 2.75) is 19.3 Å². The molecule has 0 radical (unpaired) electrons. The second-order valence-corrected chi connectivity index (χ2v) is 5.29. The first-order valence-corrected chi connectivity index (χ1v) is 6.83. The molecule has 108 valence electrons. The summed E-state index contributed by atoms with van der Waals surface area (Å²) in [5.74, 6) is 1.78. The van der Waals surface area contributed by atoms with Crippen molar-refractivity contribution in [2.75, 3.05) is 5.43 Å². The molecule has 0 unspecified atom stereocenters. The Labute approximate surface area is 122 Å². The van der Waals surface area contributed by atoms with Gasteiger partial charge in [0.2, 0.25) is 0 Å². The molecule has 2 aromatic rings. The largest absolute Gasteiger partial charge is 0.545 e. The molecule has 1 aromatic heterocycles. The minimum atomic E-state index is -1.19. The molecule has 1 heterocycles. The summed E-state index contributed by atoms with van der Waals surface area (Å²) in [5.41, 5.74) is 3.65. The average Bonchev–Trinajstić information content (AvgIpc) is 3.01. The van der Waals surface area contributed by atoms with Crippen LogP contribution in [0.25, 0.3) is 0 Å². The summed E-state index contributed by atoms with van der Waals surface area (Å²) in [6, 6.07) is 10.1. The van der Waals surface area contributed by atoms with E-state index in [0.29, 0.717) is 23.3 Å². The highest BCUT2D eigenvalue weighted by Crippen LogP contribution is 2.47. The van der Waals surface area contributed by atoms with E-state index in [-0.39, 0.29) is 5.56 Å². The van der Waals surface area contributed by atoms with Gasteiger partial charge >= 0.3 is 0 Å². The van der Waals surface area contributed by atoms with Crippen molar-refractivity contribution in [2.24, 2.45) is 11.0 Å². The molecule has 1 aliphatic rings. The Morgan fingerprint density at radius 3 is 2.67 bits per heavy atom. The van der Waals surface area contributed by atoms with E-state index in [4.69, 9.17) is 4.42 Å². The van der Waals surface area contributed by atoms with E-state index in [9.17, 15) is 9.90 Å². The predicted molar refractivity (Wildman–Crippen MR) is 77.2 cm³/mol. The Balaban J connectivity index is 1.59. The zero-order valence-corrected chi connectivity index (χ0v) is 11.6. The molecule has 1 fully saturated rings. The molecule has 5 nitrogen and oxygen atoms in total. The van der Waals surface area contributed by atoms with E-state index in [1.807, 2.05) is 12.1 Å². The number of carboxylic acid groups (broad SMARTS) is 1. The standard InChI is InChI=1S/C16H16N2O3/c1-10-8-14(10)15-7-6-13(21-15)9-17-18-12-4-2-11(3-5-12)16(19)20/h2-7,9-10,14,18H,8H2,1H3,(H,19,20)/p-1/b17-9-/t10-,14+/m0/s1. The van der Waals surface area contributed by atoms with Gasteiger partial charge in [-0.1, -0.05) is 19.1 Å². The number of anilines is 1. The van der Waals surface area contributed by atoms with E-state index in [2.05, 4.69) is 17.5 Å². The molecule has 0 saturated heterocycles. The van der Waals surface area contributed by atoms with Crippen LogP contribution in [-0.4, -0.2) is 12.2 Å². The molecule has 5 heteroatoms. The van der Waals surface area contributed by atoms with Crippen LogP contribution in [0.3, 0.4) is 0 Å². The zero-order chi connectivity index (χ0) is 14.8. The van der Waals surface area contributed by atoms with Gasteiger partial charge in [0.15, 0.2) is 0 Å². The molecular formula is C16H15N2O3-. The second-order valence-electron chi connectivity index (χ2n) is 5.29. The molecule has 0 amide bonds. The third-order valence-electron chi connectivity index (χ3n) is 3.63. The highest BCUT2D eigenvalue weighted by Gasteiger charge is 2.36. The molecule has 2 atom stereocenters. The van der Waals surface area contributed by atoms with E-state index < -0.39 is 5.97 Å². The van der Waals surface area contributed by atoms with Crippen molar-refractivity contribution in [1.29, 1.82) is 0 Å². The Bertz CT molecular complexity index is 673. The Hall–Kier alpha value is -2.56. The number of hydrazone groups is 1. The lowest BCUT2D eigenvalue weighted by molar-refractivity contribution is -0.255. The Kier molecular flexibility index (Phi) is 3.48. The van der Waals surface area contributed by atoms with Crippen LogP contribution in [0.15, 0.2) is 45.9 Å². The van der Waals surface area contributed by atoms with Crippen LogP contribution in [0.4, 0.5) is 5.69 Å². The number of aromatic carboxylic acids is 1. The van der Waals surface area contributed by atoms with Gasteiger partial charge in [-0.25, -0.2) is 0 Å². The summed E-state index contributed by atoms with van der Waals surface area (Å²) in [4.78, 5) is 10.6. The lowest BCUT2D eigenvalue weighted by Gasteiger charge is -2.03. The highest BCUT2D eigenvalue weighted by molar-refractivity contribution is 5.86. The van der Waals surface area contributed by atoms with Crippen LogP contribution in [0.5, 0.6) is 0 Å². The van der Waals surface area contributed by atoms with Crippen molar-refractivity contribution < 1.29 is 14.3 Å². The number of carbonyl (C=O) groups excluding carboxylic acids is 1. The molecule has 1 N–H and O–H groups in total. The Morgan fingerprint density at radius 1 is 1.33 bits per heavy atom. The summed E-state index contributed by atoms with van der Waals surface area (Å²) >= 11 is 0. The van der Waals surface area contributed by atoms with Crippen molar-refractivity contribution in [3.05, 3.63) is 53.5 Å². The maximum atomic E-state index is 10.6. The number of hydrogen-bond donors (Lipinski definition) is 1. The molecule has 1 aliphatic carbocycles. The van der Waals surface area contributed by atoms with Gasteiger partial charge in [-0.05, 0) is 42.2 Å². The summed E-state index contributed by atoms with van der Waals surface area (Å²) < 4.78 is 5.69. The summed E-state index contributed by atoms with van der Waals surface area (Å²) in [5, 5.41) is 14.7. The van der Waals surface area contributed by atoms with Crippen LogP contribution in [0.2, 0.25) is 0 Å². The number of hydrogen-bond acceptors (Lipinski definition) is 5. The molecule has 3 rings (SSSR count). The summed E-state index contributed by atoms with van der Waals surface area (Å²) in [6.07, 6.45) is 2.79. The molecule has 0 bridgehead atoms. The molecule has 1 aromatic carbocycles. The monoisotopic (exact) mass is 283 g/mol. The topological polar surface area (TPSA) is 77.7 Å². The van der Waals surface area contributed by atoms with Crippen LogP contribution < -0.4 is 10.5 Å². The van der Waals surface area contributed by atoms with E-state index in [1.165, 1.54) is 18.6 Å². The molecule has 21 heavy (non-hydrogen) atoms. The average molecular weight is 283 g/mol. The van der Waals surface area contributed by atoms with Gasteiger partial charge in [0.25, 0.3) is 0 Å². The lowest BCUT2D eigenvalue weighted by Crippen LogP contribution is -2.21. The number of nitrogens with one attached hydrogen (secondary N) is 1. The number of carboxylic acids is 1. The first kappa shape index (κ1) is 13.4. The fourth-order valence-electron chi connectivity index (χ4n) is 2.21. The van der Waals surface area contributed by atoms with Gasteiger partial charge in [-0.2, -0.15) is 5.10 Å². The number of benzene rings is 1. The fraction of sp³-hybridized carbons (Fsp3) is 0.250. The normalized spacial score (nSPS) is 20.6. The van der Waals surface area contributed by atoms with Crippen molar-refractivity contribution in [3.8, 4) is 0 Å². The predicted octanol–water partition coefficient (Wildman–Crippen LogP) is 2.21. The molecule has 0 aliphatic heterocycles. The number of nitrogens with zero attached hydrogens (tertiary/aromatic N) is 1. The number of carbonyl (C=O) groups is 1. The van der Waals surface area contributed by atoms with Gasteiger partial charge in [0, 0.05) is 5.92 Å². The minimum Gasteiger partial charge on any atom is -0.545 e. The van der Waals surface area contributed by atoms with Crippen LogP contribution >= 0.6 is 0 Å². The Morgan fingerprint density at radius 2 is 2.05 bits per heavy atom. The van der Waals surface area contributed by atoms with Gasteiger partial charge in [-0.15, -0.1) is 0 Å². The zero-order valence-electron chi connectivity index (χ0n) is 11.6. The van der Waals surface area contributed by atoms with Crippen LogP contribution in [-0.2, 0) is 0 Å². The van der Waals surface area contributed by atoms with Gasteiger partial charge in [0.1, 0.15) is 11.5 Å². The van der Waals surface area contributed by atoms with Crippen molar-refractivity contribution in [1.82, 2.24) is 0 Å².